The molecule has 152 valence electrons. The number of morpholine rings is 1. The Morgan fingerprint density at radius 2 is 2.00 bits per heavy atom. The normalized spacial score (nSPS) is 15.9. The molecule has 0 saturated carbocycles. The molecule has 0 radical (unpaired) electrons. The summed E-state index contributed by atoms with van der Waals surface area (Å²) in [5.74, 6) is -0.661. The molecular formula is C17H24F2N2O5S. The molecular weight excluding hydrogens is 382 g/mol. The molecule has 1 aliphatic rings. The third-order valence-electron chi connectivity index (χ3n) is 4.23. The lowest BCUT2D eigenvalue weighted by Crippen LogP contribution is -2.41. The lowest BCUT2D eigenvalue weighted by atomic mass is 10.1. The van der Waals surface area contributed by atoms with E-state index in [9.17, 15) is 22.0 Å². The standard InChI is InChI=1S/C17H24F2N2O5S/c1-13-3-4-14(17(22)20(5-8-25-2)12-16(18)19)11-15(13)27(23,24)21-6-9-26-10-7-21/h3-4,11,16H,5-10,12H2,1-2H3. The van der Waals surface area contributed by atoms with Crippen LogP contribution in [0.2, 0.25) is 0 Å². The molecule has 1 amide bonds. The van der Waals surface area contributed by atoms with Crippen molar-refractivity contribution in [3.05, 3.63) is 29.3 Å². The van der Waals surface area contributed by atoms with Crippen LogP contribution < -0.4 is 0 Å². The first-order valence-corrected chi connectivity index (χ1v) is 9.96. The van der Waals surface area contributed by atoms with Crippen LogP contribution in [0.4, 0.5) is 8.78 Å². The summed E-state index contributed by atoms with van der Waals surface area (Å²) in [7, 11) is -2.40. The Morgan fingerprint density at radius 3 is 2.59 bits per heavy atom. The van der Waals surface area contributed by atoms with Gasteiger partial charge in [0.1, 0.15) is 0 Å². The van der Waals surface area contributed by atoms with Crippen molar-refractivity contribution >= 4 is 15.9 Å². The highest BCUT2D eigenvalue weighted by Crippen LogP contribution is 2.23. The van der Waals surface area contributed by atoms with E-state index in [0.29, 0.717) is 18.8 Å². The summed E-state index contributed by atoms with van der Waals surface area (Å²) in [5, 5.41) is 0. The van der Waals surface area contributed by atoms with Crippen LogP contribution in [0.1, 0.15) is 15.9 Å². The van der Waals surface area contributed by atoms with Crippen molar-refractivity contribution < 1.29 is 31.5 Å². The number of ether oxygens (including phenoxy) is 2. The smallest absolute Gasteiger partial charge is 0.255 e. The maximum absolute atomic E-state index is 12.9. The first-order chi connectivity index (χ1) is 12.8. The number of hydrogen-bond donors (Lipinski definition) is 0. The monoisotopic (exact) mass is 406 g/mol. The fourth-order valence-corrected chi connectivity index (χ4v) is 4.42. The van der Waals surface area contributed by atoms with Crippen LogP contribution >= 0.6 is 0 Å². The highest BCUT2D eigenvalue weighted by molar-refractivity contribution is 7.89. The molecule has 1 aliphatic heterocycles. The number of halogens is 2. The molecule has 0 N–H and O–H groups in total. The van der Waals surface area contributed by atoms with Crippen molar-refractivity contribution in [3.63, 3.8) is 0 Å². The molecule has 2 rings (SSSR count). The van der Waals surface area contributed by atoms with E-state index in [0.717, 1.165) is 4.90 Å². The Kier molecular flexibility index (Phi) is 7.66. The first-order valence-electron chi connectivity index (χ1n) is 8.52. The Hall–Kier alpha value is -1.62. The fraction of sp³-hybridized carbons (Fsp3) is 0.588. The summed E-state index contributed by atoms with van der Waals surface area (Å²) in [4.78, 5) is 13.6. The number of carbonyl (C=O) groups excluding carboxylic acids is 1. The van der Waals surface area contributed by atoms with E-state index >= 15 is 0 Å². The summed E-state index contributed by atoms with van der Waals surface area (Å²) in [5.41, 5.74) is 0.527. The molecule has 10 heteroatoms. The van der Waals surface area contributed by atoms with Crippen LogP contribution in [-0.4, -0.2) is 83.1 Å². The molecule has 0 bridgehead atoms. The summed E-state index contributed by atoms with van der Waals surface area (Å²) in [6.45, 7) is 2.02. The zero-order valence-corrected chi connectivity index (χ0v) is 16.2. The second kappa shape index (κ2) is 9.54. The maximum Gasteiger partial charge on any atom is 0.255 e. The van der Waals surface area contributed by atoms with E-state index in [2.05, 4.69) is 0 Å². The molecule has 27 heavy (non-hydrogen) atoms. The summed E-state index contributed by atoms with van der Waals surface area (Å²) in [6, 6.07) is 4.21. The molecule has 0 unspecified atom stereocenters. The van der Waals surface area contributed by atoms with E-state index in [1.165, 1.54) is 29.6 Å². The lowest BCUT2D eigenvalue weighted by Gasteiger charge is -2.27. The summed E-state index contributed by atoms with van der Waals surface area (Å²) in [6.07, 6.45) is -2.70. The van der Waals surface area contributed by atoms with Gasteiger partial charge >= 0.3 is 0 Å². The Morgan fingerprint density at radius 1 is 1.33 bits per heavy atom. The van der Waals surface area contributed by atoms with Gasteiger partial charge in [0.2, 0.25) is 10.0 Å². The van der Waals surface area contributed by atoms with Gasteiger partial charge in [0.25, 0.3) is 12.3 Å². The van der Waals surface area contributed by atoms with E-state index in [4.69, 9.17) is 9.47 Å². The number of hydrogen-bond acceptors (Lipinski definition) is 5. The van der Waals surface area contributed by atoms with Gasteiger partial charge in [0.05, 0.1) is 31.3 Å². The zero-order chi connectivity index (χ0) is 20.0. The summed E-state index contributed by atoms with van der Waals surface area (Å²) >= 11 is 0. The highest BCUT2D eigenvalue weighted by atomic mass is 32.2. The number of rotatable bonds is 8. The second-order valence-electron chi connectivity index (χ2n) is 6.13. The quantitative estimate of drug-likeness (QED) is 0.652. The number of sulfonamides is 1. The van der Waals surface area contributed by atoms with Gasteiger partial charge < -0.3 is 14.4 Å². The Labute approximate surface area is 157 Å². The van der Waals surface area contributed by atoms with Crippen LogP contribution in [0.25, 0.3) is 0 Å². The minimum atomic E-state index is -3.80. The van der Waals surface area contributed by atoms with Gasteiger partial charge in [-0.3, -0.25) is 4.79 Å². The SMILES string of the molecule is COCCN(CC(F)F)C(=O)c1ccc(C)c(S(=O)(=O)N2CCOCC2)c1. The second-order valence-corrected chi connectivity index (χ2v) is 8.04. The number of amides is 1. The van der Waals surface area contributed by atoms with Crippen molar-refractivity contribution in [1.29, 1.82) is 0 Å². The largest absolute Gasteiger partial charge is 0.383 e. The Bertz CT molecular complexity index is 752. The van der Waals surface area contributed by atoms with Gasteiger partial charge in [0.15, 0.2) is 0 Å². The summed E-state index contributed by atoms with van der Waals surface area (Å²) < 4.78 is 62.8. The van der Waals surface area contributed by atoms with E-state index in [1.807, 2.05) is 0 Å². The van der Waals surface area contributed by atoms with Crippen molar-refractivity contribution in [3.8, 4) is 0 Å². The van der Waals surface area contributed by atoms with Gasteiger partial charge in [-0.2, -0.15) is 4.31 Å². The predicted octanol–water partition coefficient (Wildman–Crippen LogP) is 1.37. The molecule has 0 atom stereocenters. The first kappa shape index (κ1) is 21.7. The third kappa shape index (κ3) is 5.44. The number of alkyl halides is 2. The molecule has 1 aromatic rings. The topological polar surface area (TPSA) is 76.2 Å². The van der Waals surface area contributed by atoms with Crippen LogP contribution in [0.5, 0.6) is 0 Å². The number of carbonyl (C=O) groups is 1. The average Bonchev–Trinajstić information content (AvgIpc) is 2.65. The van der Waals surface area contributed by atoms with E-state index in [1.54, 1.807) is 6.92 Å². The molecule has 0 aromatic heterocycles. The van der Waals surface area contributed by atoms with Crippen molar-refractivity contribution in [2.24, 2.45) is 0 Å². The lowest BCUT2D eigenvalue weighted by molar-refractivity contribution is 0.0478. The number of nitrogens with zero attached hydrogens (tertiary/aromatic N) is 2. The maximum atomic E-state index is 12.9. The number of benzene rings is 1. The highest BCUT2D eigenvalue weighted by Gasteiger charge is 2.29. The number of methoxy groups -OCH3 is 1. The predicted molar refractivity (Wildman–Crippen MR) is 94.5 cm³/mol. The van der Waals surface area contributed by atoms with Gasteiger partial charge in [-0.05, 0) is 24.6 Å². The van der Waals surface area contributed by atoms with E-state index in [-0.39, 0.29) is 36.7 Å². The van der Waals surface area contributed by atoms with Crippen LogP contribution in [0, 0.1) is 6.92 Å². The van der Waals surface area contributed by atoms with Gasteiger partial charge in [0, 0.05) is 32.3 Å². The van der Waals surface area contributed by atoms with Gasteiger partial charge in [-0.15, -0.1) is 0 Å². The number of aryl methyl sites for hydroxylation is 1. The van der Waals surface area contributed by atoms with Gasteiger partial charge in [-0.1, -0.05) is 6.07 Å². The molecule has 1 fully saturated rings. The molecule has 7 nitrogen and oxygen atoms in total. The molecule has 1 aromatic carbocycles. The molecule has 0 spiro atoms. The zero-order valence-electron chi connectivity index (χ0n) is 15.4. The fourth-order valence-electron chi connectivity index (χ4n) is 2.76. The van der Waals surface area contributed by atoms with Crippen LogP contribution in [0.15, 0.2) is 23.1 Å². The van der Waals surface area contributed by atoms with E-state index < -0.39 is 28.9 Å². The van der Waals surface area contributed by atoms with Crippen molar-refractivity contribution in [1.82, 2.24) is 9.21 Å². The van der Waals surface area contributed by atoms with Crippen molar-refractivity contribution in [2.45, 2.75) is 18.2 Å². The van der Waals surface area contributed by atoms with Gasteiger partial charge in [-0.25, -0.2) is 17.2 Å². The van der Waals surface area contributed by atoms with Crippen LogP contribution in [0.3, 0.4) is 0 Å². The minimum Gasteiger partial charge on any atom is -0.383 e. The Balaban J connectivity index is 2.33. The molecule has 1 heterocycles. The third-order valence-corrected chi connectivity index (χ3v) is 6.27. The molecule has 1 saturated heterocycles. The molecule has 0 aliphatic carbocycles. The van der Waals surface area contributed by atoms with Crippen LogP contribution in [-0.2, 0) is 19.5 Å². The van der Waals surface area contributed by atoms with Crippen molar-refractivity contribution in [2.75, 3.05) is 53.1 Å². The minimum absolute atomic E-state index is 0.000937. The average molecular weight is 406 g/mol.